The summed E-state index contributed by atoms with van der Waals surface area (Å²) in [6.45, 7) is 11.7. The molecule has 0 saturated carbocycles. The number of benzene rings is 1. The van der Waals surface area contributed by atoms with Crippen molar-refractivity contribution < 1.29 is 9.47 Å². The third kappa shape index (κ3) is 6.72. The fourth-order valence-corrected chi connectivity index (χ4v) is 3.96. The van der Waals surface area contributed by atoms with E-state index in [4.69, 9.17) is 9.47 Å². The Hall–Kier alpha value is -2.55. The van der Waals surface area contributed by atoms with E-state index in [1.165, 1.54) is 5.56 Å². The minimum atomic E-state index is 0.532. The normalized spacial score (nSPS) is 18.4. The van der Waals surface area contributed by atoms with Crippen LogP contribution in [-0.2, 0) is 11.3 Å². The van der Waals surface area contributed by atoms with E-state index in [2.05, 4.69) is 62.1 Å². The Bertz CT molecular complexity index is 892. The molecule has 2 aliphatic heterocycles. The molecule has 0 aliphatic carbocycles. The fraction of sp³-hybridized carbons (Fsp3) is 0.542. The first-order valence-corrected chi connectivity index (χ1v) is 11.5. The maximum atomic E-state index is 6.06. The quantitative estimate of drug-likeness (QED) is 0.590. The summed E-state index contributed by atoms with van der Waals surface area (Å²) >= 11 is 0. The number of aromatic nitrogens is 1. The van der Waals surface area contributed by atoms with Crippen molar-refractivity contribution in [1.82, 2.24) is 14.8 Å². The monoisotopic (exact) mass is 438 g/mol. The highest BCUT2D eigenvalue weighted by molar-refractivity contribution is 5.55. The number of hydrogen-bond acceptors (Lipinski definition) is 8. The summed E-state index contributed by atoms with van der Waals surface area (Å²) in [6.07, 6.45) is 0. The molecule has 2 fully saturated rings. The molecule has 8 nitrogen and oxygen atoms in total. The van der Waals surface area contributed by atoms with Crippen LogP contribution in [0.2, 0.25) is 0 Å². The van der Waals surface area contributed by atoms with E-state index in [9.17, 15) is 0 Å². The van der Waals surface area contributed by atoms with Crippen LogP contribution in [0.3, 0.4) is 0 Å². The highest BCUT2D eigenvalue weighted by atomic mass is 16.5. The molecule has 32 heavy (non-hydrogen) atoms. The maximum Gasteiger partial charge on any atom is 0.217 e. The van der Waals surface area contributed by atoms with Crippen LogP contribution in [0.25, 0.3) is 0 Å². The van der Waals surface area contributed by atoms with E-state index in [1.54, 1.807) is 0 Å². The molecular formula is C24H34N6O2. The molecule has 0 atom stereocenters. The van der Waals surface area contributed by atoms with Crippen molar-refractivity contribution >= 4 is 11.5 Å². The smallest absolute Gasteiger partial charge is 0.217 e. The van der Waals surface area contributed by atoms with Gasteiger partial charge in [0, 0.05) is 63.6 Å². The van der Waals surface area contributed by atoms with Crippen LogP contribution in [0.4, 0.5) is 11.5 Å². The van der Waals surface area contributed by atoms with Gasteiger partial charge in [0.25, 0.3) is 0 Å². The molecule has 4 rings (SSSR count). The molecule has 3 heterocycles. The predicted octanol–water partition coefficient (Wildman–Crippen LogP) is 3.14. The second-order valence-corrected chi connectivity index (χ2v) is 8.50. The van der Waals surface area contributed by atoms with E-state index >= 15 is 0 Å². The van der Waals surface area contributed by atoms with Gasteiger partial charge in [-0.05, 0) is 19.5 Å². The van der Waals surface area contributed by atoms with Gasteiger partial charge < -0.3 is 19.3 Å². The van der Waals surface area contributed by atoms with Gasteiger partial charge in [-0.2, -0.15) is 10.1 Å². The van der Waals surface area contributed by atoms with E-state index in [0.717, 1.165) is 70.3 Å². The third-order valence-electron chi connectivity index (χ3n) is 5.91. The molecule has 2 saturated heterocycles. The highest BCUT2D eigenvalue weighted by Gasteiger charge is 2.16. The number of piperazine rings is 1. The summed E-state index contributed by atoms with van der Waals surface area (Å²) < 4.78 is 11.6. The number of anilines is 1. The molecule has 2 aromatic rings. The minimum Gasteiger partial charge on any atom is -0.476 e. The highest BCUT2D eigenvalue weighted by Crippen LogP contribution is 2.26. The van der Waals surface area contributed by atoms with Gasteiger partial charge in [0.2, 0.25) is 5.88 Å². The number of likely N-dealkylation sites (N-methyl/N-ethyl adjacent to an activating group) is 1. The van der Waals surface area contributed by atoms with Crippen LogP contribution in [0.5, 0.6) is 5.88 Å². The first-order chi connectivity index (χ1) is 15.7. The lowest BCUT2D eigenvalue weighted by molar-refractivity contribution is 0.122. The molecule has 0 bridgehead atoms. The van der Waals surface area contributed by atoms with Crippen LogP contribution in [0.15, 0.2) is 46.6 Å². The van der Waals surface area contributed by atoms with Crippen molar-refractivity contribution in [3.8, 4) is 5.88 Å². The van der Waals surface area contributed by atoms with Gasteiger partial charge in [0.15, 0.2) is 5.82 Å². The molecule has 0 unspecified atom stereocenters. The lowest BCUT2D eigenvalue weighted by Crippen LogP contribution is -2.45. The SMILES string of the molecule is Cc1cccc(CN=Nc2cc(N3CCOCC3)cc(OCCN3CCN(C)CC3)n2)c1. The average molecular weight is 439 g/mol. The molecule has 1 aromatic carbocycles. The van der Waals surface area contributed by atoms with Gasteiger partial charge in [-0.3, -0.25) is 4.90 Å². The third-order valence-corrected chi connectivity index (χ3v) is 5.91. The van der Waals surface area contributed by atoms with Crippen LogP contribution in [-0.4, -0.2) is 87.5 Å². The number of ether oxygens (including phenoxy) is 2. The van der Waals surface area contributed by atoms with Gasteiger partial charge in [-0.15, -0.1) is 5.11 Å². The minimum absolute atomic E-state index is 0.532. The van der Waals surface area contributed by atoms with Gasteiger partial charge >= 0.3 is 0 Å². The number of hydrogen-bond donors (Lipinski definition) is 0. The molecule has 0 radical (unpaired) electrons. The van der Waals surface area contributed by atoms with Crippen LogP contribution < -0.4 is 9.64 Å². The lowest BCUT2D eigenvalue weighted by Gasteiger charge is -2.32. The molecule has 172 valence electrons. The second kappa shape index (κ2) is 11.4. The lowest BCUT2D eigenvalue weighted by atomic mass is 10.1. The second-order valence-electron chi connectivity index (χ2n) is 8.50. The maximum absolute atomic E-state index is 6.06. The van der Waals surface area contributed by atoms with E-state index < -0.39 is 0 Å². The van der Waals surface area contributed by atoms with Crippen LogP contribution >= 0.6 is 0 Å². The topological polar surface area (TPSA) is 65.8 Å². The Morgan fingerprint density at radius 3 is 2.62 bits per heavy atom. The Kier molecular flexibility index (Phi) is 8.03. The Balaban J connectivity index is 1.41. The van der Waals surface area contributed by atoms with Crippen molar-refractivity contribution in [2.24, 2.45) is 10.2 Å². The van der Waals surface area contributed by atoms with Crippen molar-refractivity contribution in [3.63, 3.8) is 0 Å². The molecule has 0 N–H and O–H groups in total. The van der Waals surface area contributed by atoms with Crippen molar-refractivity contribution in [2.75, 3.05) is 77.6 Å². The molecule has 0 spiro atoms. The van der Waals surface area contributed by atoms with E-state index in [0.29, 0.717) is 24.8 Å². The number of azo groups is 1. The summed E-state index contributed by atoms with van der Waals surface area (Å²) in [5.74, 6) is 1.18. The summed E-state index contributed by atoms with van der Waals surface area (Å²) in [6, 6.07) is 12.3. The number of nitrogens with zero attached hydrogens (tertiary/aromatic N) is 6. The summed E-state index contributed by atoms with van der Waals surface area (Å²) in [7, 11) is 2.17. The first-order valence-electron chi connectivity index (χ1n) is 11.5. The number of pyridine rings is 1. The molecule has 2 aliphatic rings. The zero-order valence-corrected chi connectivity index (χ0v) is 19.2. The van der Waals surface area contributed by atoms with Gasteiger partial charge in [0.1, 0.15) is 6.61 Å². The Morgan fingerprint density at radius 2 is 1.84 bits per heavy atom. The summed E-state index contributed by atoms with van der Waals surface area (Å²) in [5, 5.41) is 8.81. The zero-order chi connectivity index (χ0) is 22.2. The predicted molar refractivity (Wildman–Crippen MR) is 126 cm³/mol. The Labute approximate surface area is 190 Å². The van der Waals surface area contributed by atoms with Crippen molar-refractivity contribution in [1.29, 1.82) is 0 Å². The molecular weight excluding hydrogens is 404 g/mol. The van der Waals surface area contributed by atoms with Crippen molar-refractivity contribution in [2.45, 2.75) is 13.5 Å². The van der Waals surface area contributed by atoms with Crippen LogP contribution in [0.1, 0.15) is 11.1 Å². The number of morpholine rings is 1. The summed E-state index contributed by atoms with van der Waals surface area (Å²) in [5.41, 5.74) is 3.42. The molecule has 0 amide bonds. The Morgan fingerprint density at radius 1 is 1.03 bits per heavy atom. The number of aryl methyl sites for hydroxylation is 1. The largest absolute Gasteiger partial charge is 0.476 e. The molecule has 1 aromatic heterocycles. The van der Waals surface area contributed by atoms with Gasteiger partial charge in [-0.25, -0.2) is 0 Å². The van der Waals surface area contributed by atoms with Gasteiger partial charge in [0.05, 0.1) is 19.8 Å². The first kappa shape index (κ1) is 22.6. The van der Waals surface area contributed by atoms with Gasteiger partial charge in [-0.1, -0.05) is 29.8 Å². The molecule has 8 heteroatoms. The fourth-order valence-electron chi connectivity index (χ4n) is 3.96. The summed E-state index contributed by atoms with van der Waals surface area (Å²) in [4.78, 5) is 11.7. The van der Waals surface area contributed by atoms with E-state index in [1.807, 2.05) is 18.2 Å². The average Bonchev–Trinajstić information content (AvgIpc) is 2.81. The van der Waals surface area contributed by atoms with Crippen molar-refractivity contribution in [3.05, 3.63) is 47.5 Å². The standard InChI is InChI=1S/C24H34N6O2/c1-20-4-3-5-21(16-20)19-25-27-23-17-22(30-11-13-31-14-12-30)18-24(26-23)32-15-10-29-8-6-28(2)7-9-29/h3-5,16-18H,6-15,19H2,1-2H3. The van der Waals surface area contributed by atoms with Crippen LogP contribution in [0, 0.1) is 6.92 Å². The number of rotatable bonds is 8. The zero-order valence-electron chi connectivity index (χ0n) is 19.2. The van der Waals surface area contributed by atoms with E-state index in [-0.39, 0.29) is 0 Å².